The summed E-state index contributed by atoms with van der Waals surface area (Å²) in [5, 5.41) is 0. The highest BCUT2D eigenvalue weighted by Crippen LogP contribution is 2.42. The second kappa shape index (κ2) is 1.65. The van der Waals surface area contributed by atoms with E-state index in [2.05, 4.69) is 12.6 Å². The van der Waals surface area contributed by atoms with Gasteiger partial charge in [0, 0.05) is 19.8 Å². The number of rotatable bonds is 1. The molecule has 0 unspecified atom stereocenters. The van der Waals surface area contributed by atoms with Gasteiger partial charge in [0.25, 0.3) is 0 Å². The monoisotopic (exact) mass is 132 g/mol. The molecule has 0 saturated heterocycles. The van der Waals surface area contributed by atoms with Gasteiger partial charge in [-0.3, -0.25) is 4.79 Å². The predicted octanol–water partition coefficient (Wildman–Crippen LogP) is 0.969. The highest BCUT2D eigenvalue weighted by molar-refractivity contribution is 7.82. The molecule has 1 saturated carbocycles. The van der Waals surface area contributed by atoms with E-state index in [1.165, 1.54) is 6.92 Å². The lowest BCUT2D eigenvalue weighted by Crippen LogP contribution is -2.09. The highest BCUT2D eigenvalue weighted by atomic mass is 32.1. The van der Waals surface area contributed by atoms with Crippen LogP contribution in [-0.4, -0.2) is 10.9 Å². The van der Waals surface area contributed by atoms with Gasteiger partial charge < -0.3 is 4.74 Å². The van der Waals surface area contributed by atoms with Crippen LogP contribution in [0.15, 0.2) is 0 Å². The molecule has 0 aliphatic heterocycles. The van der Waals surface area contributed by atoms with Crippen LogP contribution in [0, 0.1) is 0 Å². The number of hydrogen-bond donors (Lipinski definition) is 1. The average Bonchev–Trinajstić information content (AvgIpc) is 2.17. The van der Waals surface area contributed by atoms with Gasteiger partial charge in [0.05, 0.1) is 0 Å². The first-order valence-electron chi connectivity index (χ1n) is 2.54. The van der Waals surface area contributed by atoms with Crippen LogP contribution in [0.5, 0.6) is 0 Å². The van der Waals surface area contributed by atoms with Gasteiger partial charge in [-0.05, 0) is 0 Å². The van der Waals surface area contributed by atoms with Gasteiger partial charge in [-0.2, -0.15) is 0 Å². The normalized spacial score (nSPS) is 22.2. The molecule has 0 atom stereocenters. The van der Waals surface area contributed by atoms with E-state index in [1.807, 2.05) is 0 Å². The Balaban J connectivity index is 2.29. The van der Waals surface area contributed by atoms with Crippen molar-refractivity contribution in [1.82, 2.24) is 0 Å². The topological polar surface area (TPSA) is 26.3 Å². The molecule has 0 heterocycles. The highest BCUT2D eigenvalue weighted by Gasteiger charge is 2.42. The molecule has 1 aliphatic rings. The Morgan fingerprint density at radius 2 is 2.25 bits per heavy atom. The summed E-state index contributed by atoms with van der Waals surface area (Å²) in [6, 6.07) is 0. The van der Waals surface area contributed by atoms with Crippen LogP contribution in [-0.2, 0) is 9.53 Å². The first kappa shape index (κ1) is 5.95. The molecule has 46 valence electrons. The number of carbonyl (C=O) groups is 1. The lowest BCUT2D eigenvalue weighted by molar-refractivity contribution is -0.143. The lowest BCUT2D eigenvalue weighted by atomic mass is 10.7. The summed E-state index contributed by atoms with van der Waals surface area (Å²) >= 11 is 4.06. The van der Waals surface area contributed by atoms with E-state index in [4.69, 9.17) is 4.74 Å². The molecule has 1 fully saturated rings. The molecule has 0 aromatic heterocycles. The summed E-state index contributed by atoms with van der Waals surface area (Å²) in [6.07, 6.45) is 1.80. The van der Waals surface area contributed by atoms with Gasteiger partial charge in [0.2, 0.25) is 0 Å². The largest absolute Gasteiger partial charge is 0.448 e. The van der Waals surface area contributed by atoms with Gasteiger partial charge >= 0.3 is 5.97 Å². The van der Waals surface area contributed by atoms with E-state index >= 15 is 0 Å². The molecule has 0 aromatic rings. The minimum Gasteiger partial charge on any atom is -0.448 e. The Bertz CT molecular complexity index is 118. The van der Waals surface area contributed by atoms with Crippen LogP contribution in [0.4, 0.5) is 0 Å². The van der Waals surface area contributed by atoms with Crippen LogP contribution in [0.25, 0.3) is 0 Å². The van der Waals surface area contributed by atoms with Crippen LogP contribution in [0.3, 0.4) is 0 Å². The SMILES string of the molecule is CC(=O)OC1(S)CC1. The minimum atomic E-state index is -0.383. The fourth-order valence-electron chi connectivity index (χ4n) is 0.477. The second-order valence-electron chi connectivity index (χ2n) is 2.04. The molecule has 2 nitrogen and oxygen atoms in total. The Labute approximate surface area is 53.6 Å². The number of ether oxygens (including phenoxy) is 1. The van der Waals surface area contributed by atoms with E-state index in [-0.39, 0.29) is 10.9 Å². The zero-order valence-electron chi connectivity index (χ0n) is 4.68. The fraction of sp³-hybridized carbons (Fsp3) is 0.800. The number of esters is 1. The summed E-state index contributed by atoms with van der Waals surface area (Å²) in [6.45, 7) is 1.40. The average molecular weight is 132 g/mol. The zero-order chi connectivity index (χ0) is 6.20. The van der Waals surface area contributed by atoms with Crippen LogP contribution >= 0.6 is 12.6 Å². The molecule has 0 N–H and O–H groups in total. The Kier molecular flexibility index (Phi) is 1.23. The van der Waals surface area contributed by atoms with Crippen molar-refractivity contribution < 1.29 is 9.53 Å². The van der Waals surface area contributed by atoms with E-state index in [1.54, 1.807) is 0 Å². The van der Waals surface area contributed by atoms with Gasteiger partial charge in [-0.1, -0.05) is 0 Å². The Morgan fingerprint density at radius 3 is 2.38 bits per heavy atom. The van der Waals surface area contributed by atoms with Crippen molar-refractivity contribution >= 4 is 18.6 Å². The van der Waals surface area contributed by atoms with Crippen molar-refractivity contribution in [1.29, 1.82) is 0 Å². The van der Waals surface area contributed by atoms with Crippen LogP contribution in [0.2, 0.25) is 0 Å². The standard InChI is InChI=1S/C5H8O2S/c1-4(6)7-5(8)2-3-5/h8H,2-3H2,1H3. The third-order valence-corrected chi connectivity index (χ3v) is 1.55. The van der Waals surface area contributed by atoms with E-state index in [9.17, 15) is 4.79 Å². The molecule has 0 aromatic carbocycles. The smallest absolute Gasteiger partial charge is 0.304 e. The number of hydrogen-bond acceptors (Lipinski definition) is 3. The second-order valence-corrected chi connectivity index (χ2v) is 2.85. The summed E-state index contributed by atoms with van der Waals surface area (Å²) in [7, 11) is 0. The summed E-state index contributed by atoms with van der Waals surface area (Å²) in [5.41, 5.74) is 0. The summed E-state index contributed by atoms with van der Waals surface area (Å²) < 4.78 is 4.77. The zero-order valence-corrected chi connectivity index (χ0v) is 5.57. The summed E-state index contributed by atoms with van der Waals surface area (Å²) in [4.78, 5) is 9.85. The maximum Gasteiger partial charge on any atom is 0.304 e. The van der Waals surface area contributed by atoms with Gasteiger partial charge in [0.1, 0.15) is 0 Å². The molecule has 1 aliphatic carbocycles. The molecular weight excluding hydrogens is 124 g/mol. The lowest BCUT2D eigenvalue weighted by Gasteiger charge is -2.05. The Morgan fingerprint density at radius 1 is 1.75 bits per heavy atom. The van der Waals surface area contributed by atoms with Gasteiger partial charge in [-0.25, -0.2) is 0 Å². The molecule has 0 spiro atoms. The fourth-order valence-corrected chi connectivity index (χ4v) is 0.717. The summed E-state index contributed by atoms with van der Waals surface area (Å²) in [5.74, 6) is -0.238. The Hall–Kier alpha value is -0.180. The van der Waals surface area contributed by atoms with Gasteiger partial charge in [0.15, 0.2) is 4.93 Å². The molecule has 0 bridgehead atoms. The van der Waals surface area contributed by atoms with Gasteiger partial charge in [-0.15, -0.1) is 12.6 Å². The van der Waals surface area contributed by atoms with Crippen LogP contribution < -0.4 is 0 Å². The molecule has 3 heteroatoms. The van der Waals surface area contributed by atoms with Crippen molar-refractivity contribution in [2.45, 2.75) is 24.7 Å². The van der Waals surface area contributed by atoms with E-state index < -0.39 is 0 Å². The van der Waals surface area contributed by atoms with E-state index in [0.29, 0.717) is 0 Å². The third-order valence-electron chi connectivity index (χ3n) is 1.01. The number of carbonyl (C=O) groups excluding carboxylic acids is 1. The first-order valence-corrected chi connectivity index (χ1v) is 2.99. The molecule has 0 radical (unpaired) electrons. The first-order chi connectivity index (χ1) is 3.62. The number of thiol groups is 1. The van der Waals surface area contributed by atoms with Crippen molar-refractivity contribution in [2.24, 2.45) is 0 Å². The van der Waals surface area contributed by atoms with Crippen LogP contribution in [0.1, 0.15) is 19.8 Å². The minimum absolute atomic E-state index is 0.238. The van der Waals surface area contributed by atoms with Crippen molar-refractivity contribution in [3.63, 3.8) is 0 Å². The molecule has 8 heavy (non-hydrogen) atoms. The van der Waals surface area contributed by atoms with Crippen molar-refractivity contribution in [3.05, 3.63) is 0 Å². The quantitative estimate of drug-likeness (QED) is 0.327. The van der Waals surface area contributed by atoms with Crippen molar-refractivity contribution in [2.75, 3.05) is 0 Å². The molecule has 0 amide bonds. The molecular formula is C5H8O2S. The maximum absolute atomic E-state index is 10.2. The maximum atomic E-state index is 10.2. The third kappa shape index (κ3) is 1.40. The van der Waals surface area contributed by atoms with Crippen molar-refractivity contribution in [3.8, 4) is 0 Å². The predicted molar refractivity (Wildman–Crippen MR) is 32.7 cm³/mol. The van der Waals surface area contributed by atoms with E-state index in [0.717, 1.165) is 12.8 Å². The molecule has 1 rings (SSSR count).